The summed E-state index contributed by atoms with van der Waals surface area (Å²) in [6.45, 7) is 0. The van der Waals surface area contributed by atoms with Gasteiger partial charge in [0.1, 0.15) is 5.52 Å². The Morgan fingerprint density at radius 1 is 1.33 bits per heavy atom. The third-order valence-corrected chi connectivity index (χ3v) is 5.62. The lowest BCUT2D eigenvalue weighted by atomic mass is 9.95. The Morgan fingerprint density at radius 2 is 2.22 bits per heavy atom. The van der Waals surface area contributed by atoms with Gasteiger partial charge < -0.3 is 10.1 Å². The highest BCUT2D eigenvalue weighted by atomic mass is 16.5. The first-order chi connectivity index (χ1) is 13.2. The van der Waals surface area contributed by atoms with Gasteiger partial charge in [0.2, 0.25) is 0 Å². The number of rotatable bonds is 5. The number of nitrogens with one attached hydrogen (secondary N) is 2. The van der Waals surface area contributed by atoms with Crippen LogP contribution in [0.4, 0.5) is 11.6 Å². The van der Waals surface area contributed by atoms with Gasteiger partial charge in [-0.05, 0) is 37.8 Å². The minimum atomic E-state index is -0.178. The van der Waals surface area contributed by atoms with Crippen molar-refractivity contribution in [1.29, 1.82) is 0 Å². The summed E-state index contributed by atoms with van der Waals surface area (Å²) in [6.07, 6.45) is 7.02. The van der Waals surface area contributed by atoms with Crippen molar-refractivity contribution >= 4 is 23.1 Å². The fourth-order valence-electron chi connectivity index (χ4n) is 4.03. The highest BCUT2D eigenvalue weighted by Crippen LogP contribution is 2.41. The van der Waals surface area contributed by atoms with Gasteiger partial charge >= 0.3 is 5.97 Å². The molecule has 2 aliphatic carbocycles. The number of H-pyrrole nitrogens is 1. The number of carbonyl (C=O) groups is 1. The summed E-state index contributed by atoms with van der Waals surface area (Å²) in [6, 6.07) is 5.95. The zero-order valence-electron chi connectivity index (χ0n) is 15.2. The summed E-state index contributed by atoms with van der Waals surface area (Å²) in [5.74, 6) is 2.36. The molecule has 0 radical (unpaired) electrons. The van der Waals surface area contributed by atoms with Crippen molar-refractivity contribution in [3.05, 3.63) is 35.9 Å². The molecule has 140 valence electrons. The molecule has 3 aromatic heterocycles. The summed E-state index contributed by atoms with van der Waals surface area (Å²) >= 11 is 0. The molecular formula is C19H22N6O2. The topological polar surface area (TPSA) is 97.2 Å². The molecule has 2 fully saturated rings. The number of fused-ring (bicyclic) bond motifs is 1. The van der Waals surface area contributed by atoms with Crippen molar-refractivity contribution in [2.75, 3.05) is 12.4 Å². The Bertz CT molecular complexity index is 989. The standard InChI is InChI=1S/C19H22N6O2/c1-27-19(26)13-5-2-4-12(13)17-21-18(15-6-3-9-25(15)24-17)20-16-10-14(22-23-16)11-7-8-11/h3,6,9-13H,2,4-5,7-8H2,1H3,(H2,20,21,22,23,24)/t12?,13-/m0/s1. The van der Waals surface area contributed by atoms with Crippen LogP contribution in [0.2, 0.25) is 0 Å². The SMILES string of the molecule is COC(=O)[C@H]1CCCC1c1nc(Nc2cc(C3CC3)[nH]n2)c2cccn2n1. The average Bonchev–Trinajstić information content (AvgIpc) is 3.09. The largest absolute Gasteiger partial charge is 0.469 e. The lowest BCUT2D eigenvalue weighted by Gasteiger charge is -2.17. The van der Waals surface area contributed by atoms with Crippen molar-refractivity contribution in [1.82, 2.24) is 24.8 Å². The molecule has 2 saturated carbocycles. The molecule has 27 heavy (non-hydrogen) atoms. The third kappa shape index (κ3) is 2.94. The van der Waals surface area contributed by atoms with Gasteiger partial charge in [-0.3, -0.25) is 9.89 Å². The normalized spacial score (nSPS) is 22.3. The van der Waals surface area contributed by atoms with E-state index in [1.807, 2.05) is 28.9 Å². The molecule has 2 N–H and O–H groups in total. The third-order valence-electron chi connectivity index (χ3n) is 5.62. The van der Waals surface area contributed by atoms with Crippen LogP contribution in [-0.4, -0.2) is 37.9 Å². The lowest BCUT2D eigenvalue weighted by molar-refractivity contribution is -0.145. The van der Waals surface area contributed by atoms with E-state index in [0.29, 0.717) is 17.6 Å². The molecular weight excluding hydrogens is 344 g/mol. The van der Waals surface area contributed by atoms with Crippen LogP contribution in [0.15, 0.2) is 24.4 Å². The van der Waals surface area contributed by atoms with Gasteiger partial charge in [0.05, 0.1) is 13.0 Å². The van der Waals surface area contributed by atoms with Crippen LogP contribution < -0.4 is 5.32 Å². The highest BCUT2D eigenvalue weighted by molar-refractivity contribution is 5.74. The molecule has 0 aromatic carbocycles. The quantitative estimate of drug-likeness (QED) is 0.673. The van der Waals surface area contributed by atoms with Crippen LogP contribution in [0.5, 0.6) is 0 Å². The van der Waals surface area contributed by atoms with Crippen molar-refractivity contribution in [3.63, 3.8) is 0 Å². The van der Waals surface area contributed by atoms with E-state index in [0.717, 1.165) is 30.6 Å². The Hall–Kier alpha value is -2.90. The number of ether oxygens (including phenoxy) is 1. The molecule has 0 aliphatic heterocycles. The van der Waals surface area contributed by atoms with E-state index in [1.54, 1.807) is 0 Å². The molecule has 3 aromatic rings. The van der Waals surface area contributed by atoms with Gasteiger partial charge in [0.25, 0.3) is 0 Å². The maximum Gasteiger partial charge on any atom is 0.309 e. The van der Waals surface area contributed by atoms with Gasteiger partial charge in [-0.25, -0.2) is 9.50 Å². The fourth-order valence-corrected chi connectivity index (χ4v) is 4.03. The lowest BCUT2D eigenvalue weighted by Crippen LogP contribution is -2.21. The summed E-state index contributed by atoms with van der Waals surface area (Å²) in [4.78, 5) is 16.9. The highest BCUT2D eigenvalue weighted by Gasteiger charge is 2.37. The predicted molar refractivity (Wildman–Crippen MR) is 98.9 cm³/mol. The molecule has 3 heterocycles. The summed E-state index contributed by atoms with van der Waals surface area (Å²) in [5.41, 5.74) is 2.04. The van der Waals surface area contributed by atoms with Gasteiger partial charge in [-0.1, -0.05) is 6.42 Å². The van der Waals surface area contributed by atoms with Crippen LogP contribution >= 0.6 is 0 Å². The average molecular weight is 366 g/mol. The van der Waals surface area contributed by atoms with Gasteiger partial charge in [0.15, 0.2) is 17.5 Å². The maximum atomic E-state index is 12.1. The number of hydrogen-bond acceptors (Lipinski definition) is 6. The first kappa shape index (κ1) is 16.3. The van der Waals surface area contributed by atoms with E-state index in [4.69, 9.17) is 9.72 Å². The van der Waals surface area contributed by atoms with Crippen LogP contribution in [0.3, 0.4) is 0 Å². The summed E-state index contributed by atoms with van der Waals surface area (Å²) in [7, 11) is 1.44. The number of esters is 1. The zero-order chi connectivity index (χ0) is 18.4. The monoisotopic (exact) mass is 366 g/mol. The van der Waals surface area contributed by atoms with Crippen LogP contribution in [0.25, 0.3) is 5.52 Å². The molecule has 0 bridgehead atoms. The number of aromatic amines is 1. The number of methoxy groups -OCH3 is 1. The van der Waals surface area contributed by atoms with Gasteiger partial charge in [0, 0.05) is 29.8 Å². The van der Waals surface area contributed by atoms with Crippen LogP contribution in [0, 0.1) is 5.92 Å². The molecule has 5 rings (SSSR count). The first-order valence-electron chi connectivity index (χ1n) is 9.48. The van der Waals surface area contributed by atoms with Gasteiger partial charge in [-0.15, -0.1) is 0 Å². The second-order valence-corrected chi connectivity index (χ2v) is 7.43. The second kappa shape index (κ2) is 6.37. The summed E-state index contributed by atoms with van der Waals surface area (Å²) in [5, 5.41) is 15.5. The van der Waals surface area contributed by atoms with Gasteiger partial charge in [-0.2, -0.15) is 10.2 Å². The Kier molecular flexibility index (Phi) is 3.84. The smallest absolute Gasteiger partial charge is 0.309 e. The number of hydrogen-bond donors (Lipinski definition) is 2. The number of aromatic nitrogens is 5. The van der Waals surface area contributed by atoms with E-state index in [-0.39, 0.29) is 17.8 Å². The van der Waals surface area contributed by atoms with Crippen LogP contribution in [-0.2, 0) is 9.53 Å². The zero-order valence-corrected chi connectivity index (χ0v) is 15.2. The second-order valence-electron chi connectivity index (χ2n) is 7.43. The van der Waals surface area contributed by atoms with E-state index in [1.165, 1.54) is 25.6 Å². The van der Waals surface area contributed by atoms with E-state index in [2.05, 4.69) is 20.6 Å². The fraction of sp³-hybridized carbons (Fsp3) is 0.474. The van der Waals surface area contributed by atoms with Crippen molar-refractivity contribution in [2.24, 2.45) is 5.92 Å². The van der Waals surface area contributed by atoms with E-state index >= 15 is 0 Å². The minimum Gasteiger partial charge on any atom is -0.469 e. The van der Waals surface area contributed by atoms with Crippen molar-refractivity contribution < 1.29 is 9.53 Å². The Labute approximate surface area is 156 Å². The molecule has 0 saturated heterocycles. The number of carbonyl (C=O) groups excluding carboxylic acids is 1. The van der Waals surface area contributed by atoms with Crippen molar-refractivity contribution in [2.45, 2.75) is 43.9 Å². The molecule has 8 nitrogen and oxygen atoms in total. The van der Waals surface area contributed by atoms with Crippen LogP contribution in [0.1, 0.15) is 55.5 Å². The molecule has 0 spiro atoms. The number of nitrogens with zero attached hydrogens (tertiary/aromatic N) is 4. The molecule has 0 amide bonds. The maximum absolute atomic E-state index is 12.1. The Balaban J connectivity index is 1.49. The molecule has 2 aliphatic rings. The molecule has 1 unspecified atom stereocenters. The van der Waals surface area contributed by atoms with E-state index < -0.39 is 0 Å². The summed E-state index contributed by atoms with van der Waals surface area (Å²) < 4.78 is 6.80. The minimum absolute atomic E-state index is 0.0222. The molecule has 2 atom stereocenters. The first-order valence-corrected chi connectivity index (χ1v) is 9.48. The predicted octanol–water partition coefficient (Wildman–Crippen LogP) is 3.13. The molecule has 8 heteroatoms. The number of anilines is 2. The Morgan fingerprint density at radius 3 is 3.04 bits per heavy atom. The van der Waals surface area contributed by atoms with Crippen molar-refractivity contribution in [3.8, 4) is 0 Å². The van der Waals surface area contributed by atoms with E-state index in [9.17, 15) is 4.79 Å².